The van der Waals surface area contributed by atoms with Crippen LogP contribution in [0, 0.1) is 12.7 Å². The molecule has 2 aromatic carbocycles. The van der Waals surface area contributed by atoms with Crippen molar-refractivity contribution in [3.05, 3.63) is 59.4 Å². The van der Waals surface area contributed by atoms with Crippen molar-refractivity contribution in [1.82, 2.24) is 4.72 Å². The molecule has 0 radical (unpaired) electrons. The van der Waals surface area contributed by atoms with E-state index in [9.17, 15) is 12.8 Å². The van der Waals surface area contributed by atoms with Crippen molar-refractivity contribution < 1.29 is 17.5 Å². The molecule has 0 aromatic heterocycles. The summed E-state index contributed by atoms with van der Waals surface area (Å²) in [6, 6.07) is 10.8. The van der Waals surface area contributed by atoms with E-state index in [0.29, 0.717) is 24.2 Å². The highest BCUT2D eigenvalue weighted by molar-refractivity contribution is 7.89. The van der Waals surface area contributed by atoms with Crippen molar-refractivity contribution in [3.8, 4) is 5.75 Å². The van der Waals surface area contributed by atoms with Crippen LogP contribution in [0.1, 0.15) is 24.0 Å². The number of halogens is 1. The Morgan fingerprint density at radius 3 is 2.30 bits per heavy atom. The Kier molecular flexibility index (Phi) is 3.90. The van der Waals surface area contributed by atoms with Crippen LogP contribution < -0.4 is 9.46 Å². The molecular weight excluding hydrogens is 317 g/mol. The smallest absolute Gasteiger partial charge is 0.241 e. The molecule has 0 spiro atoms. The monoisotopic (exact) mass is 335 g/mol. The lowest BCUT2D eigenvalue weighted by molar-refractivity contribution is 0.414. The maximum Gasteiger partial charge on any atom is 0.241 e. The molecule has 122 valence electrons. The molecule has 0 saturated heterocycles. The van der Waals surface area contributed by atoms with Gasteiger partial charge in [-0.05, 0) is 61.2 Å². The largest absolute Gasteiger partial charge is 0.497 e. The molecule has 3 rings (SSSR count). The van der Waals surface area contributed by atoms with E-state index >= 15 is 0 Å². The third-order valence-electron chi connectivity index (χ3n) is 4.15. The zero-order chi connectivity index (χ0) is 16.7. The average Bonchev–Trinajstić information content (AvgIpc) is 3.27. The quantitative estimate of drug-likeness (QED) is 0.913. The second-order valence-electron chi connectivity index (χ2n) is 5.83. The van der Waals surface area contributed by atoms with Crippen molar-refractivity contribution in [2.45, 2.75) is 30.2 Å². The first kappa shape index (κ1) is 16.0. The highest BCUT2D eigenvalue weighted by Crippen LogP contribution is 2.46. The van der Waals surface area contributed by atoms with E-state index in [1.807, 2.05) is 0 Å². The summed E-state index contributed by atoms with van der Waals surface area (Å²) in [5.41, 5.74) is 0.777. The first-order valence-electron chi connectivity index (χ1n) is 7.31. The number of hydrogen-bond acceptors (Lipinski definition) is 3. The molecule has 0 amide bonds. The zero-order valence-electron chi connectivity index (χ0n) is 13.0. The van der Waals surface area contributed by atoms with Gasteiger partial charge in [-0.3, -0.25) is 0 Å². The second kappa shape index (κ2) is 5.62. The Bertz CT molecular complexity index is 827. The average molecular weight is 335 g/mol. The first-order valence-corrected chi connectivity index (χ1v) is 8.79. The molecule has 1 saturated carbocycles. The van der Waals surface area contributed by atoms with Crippen LogP contribution in [0.5, 0.6) is 5.75 Å². The zero-order valence-corrected chi connectivity index (χ0v) is 13.8. The molecule has 1 aliphatic rings. The molecule has 0 heterocycles. The molecule has 1 aliphatic carbocycles. The van der Waals surface area contributed by atoms with Crippen LogP contribution in [-0.2, 0) is 15.6 Å². The number of hydrogen-bond donors (Lipinski definition) is 1. The number of benzene rings is 2. The summed E-state index contributed by atoms with van der Waals surface area (Å²) in [6.07, 6.45) is 1.40. The summed E-state index contributed by atoms with van der Waals surface area (Å²) in [5.74, 6) is 0.277. The molecule has 1 fully saturated rings. The maximum absolute atomic E-state index is 13.1. The third-order valence-corrected chi connectivity index (χ3v) is 5.84. The van der Waals surface area contributed by atoms with Crippen LogP contribution >= 0.6 is 0 Å². The van der Waals surface area contributed by atoms with Gasteiger partial charge in [0, 0.05) is 0 Å². The Morgan fingerprint density at radius 2 is 1.78 bits per heavy atom. The lowest BCUT2D eigenvalue weighted by Crippen LogP contribution is -2.35. The molecule has 2 aromatic rings. The van der Waals surface area contributed by atoms with E-state index in [-0.39, 0.29) is 10.7 Å². The molecular formula is C17H18FNO3S. The molecule has 23 heavy (non-hydrogen) atoms. The lowest BCUT2D eigenvalue weighted by atomic mass is 10.1. The number of rotatable bonds is 5. The van der Waals surface area contributed by atoms with Crippen molar-refractivity contribution in [3.63, 3.8) is 0 Å². The topological polar surface area (TPSA) is 55.4 Å². The number of aryl methyl sites for hydroxylation is 1. The predicted octanol–water partition coefficient (Wildman–Crippen LogP) is 3.11. The number of ether oxygens (including phenoxy) is 1. The van der Waals surface area contributed by atoms with Crippen molar-refractivity contribution >= 4 is 10.0 Å². The minimum absolute atomic E-state index is 0.228. The molecule has 6 heteroatoms. The summed E-state index contributed by atoms with van der Waals surface area (Å²) in [5, 5.41) is 0. The number of nitrogens with one attached hydrogen (secondary N) is 1. The molecule has 0 unspecified atom stereocenters. The molecule has 0 bridgehead atoms. The normalized spacial score (nSPS) is 16.1. The van der Waals surface area contributed by atoms with Gasteiger partial charge in [-0.2, -0.15) is 0 Å². The Balaban J connectivity index is 1.91. The first-order chi connectivity index (χ1) is 10.9. The van der Waals surface area contributed by atoms with Gasteiger partial charge in [0.2, 0.25) is 10.0 Å². The van der Waals surface area contributed by atoms with Gasteiger partial charge in [0.1, 0.15) is 11.6 Å². The fraction of sp³-hybridized carbons (Fsp3) is 0.294. The van der Waals surface area contributed by atoms with Gasteiger partial charge in [-0.25, -0.2) is 17.5 Å². The number of sulfonamides is 1. The second-order valence-corrected chi connectivity index (χ2v) is 7.48. The van der Waals surface area contributed by atoms with Crippen LogP contribution in [0.4, 0.5) is 4.39 Å². The van der Waals surface area contributed by atoms with Crippen LogP contribution in [0.3, 0.4) is 0 Å². The maximum atomic E-state index is 13.1. The van der Waals surface area contributed by atoms with Crippen LogP contribution in [0.2, 0.25) is 0 Å². The van der Waals surface area contributed by atoms with Gasteiger partial charge in [-0.15, -0.1) is 0 Å². The van der Waals surface area contributed by atoms with E-state index in [1.54, 1.807) is 31.2 Å². The van der Waals surface area contributed by atoms with Gasteiger partial charge in [0.25, 0.3) is 0 Å². The molecule has 4 nitrogen and oxygen atoms in total. The summed E-state index contributed by atoms with van der Waals surface area (Å²) in [7, 11) is -2.13. The number of methoxy groups -OCH3 is 1. The van der Waals surface area contributed by atoms with Gasteiger partial charge in [0.15, 0.2) is 0 Å². The summed E-state index contributed by atoms with van der Waals surface area (Å²) < 4.78 is 46.4. The Labute approximate surface area is 135 Å². The van der Waals surface area contributed by atoms with E-state index in [2.05, 4.69) is 4.72 Å². The van der Waals surface area contributed by atoms with Crippen LogP contribution in [0.25, 0.3) is 0 Å². The van der Waals surface area contributed by atoms with Gasteiger partial charge < -0.3 is 4.74 Å². The van der Waals surface area contributed by atoms with Gasteiger partial charge >= 0.3 is 0 Å². The summed E-state index contributed by atoms with van der Waals surface area (Å²) in [6.45, 7) is 1.73. The minimum atomic E-state index is -3.67. The Hall–Kier alpha value is -1.92. The highest BCUT2D eigenvalue weighted by atomic mass is 32.2. The summed E-state index contributed by atoms with van der Waals surface area (Å²) in [4.78, 5) is 0.228. The molecule has 0 aliphatic heterocycles. The van der Waals surface area contributed by atoms with Crippen molar-refractivity contribution in [2.75, 3.05) is 7.11 Å². The van der Waals surface area contributed by atoms with E-state index in [4.69, 9.17) is 4.74 Å². The fourth-order valence-electron chi connectivity index (χ4n) is 2.71. The lowest BCUT2D eigenvalue weighted by Gasteiger charge is -2.19. The minimum Gasteiger partial charge on any atom is -0.497 e. The van der Waals surface area contributed by atoms with E-state index in [0.717, 1.165) is 5.56 Å². The van der Waals surface area contributed by atoms with Crippen LogP contribution in [0.15, 0.2) is 47.4 Å². The predicted molar refractivity (Wildman–Crippen MR) is 85.4 cm³/mol. The van der Waals surface area contributed by atoms with Crippen molar-refractivity contribution in [2.24, 2.45) is 0 Å². The Morgan fingerprint density at radius 1 is 1.13 bits per heavy atom. The van der Waals surface area contributed by atoms with Gasteiger partial charge in [0.05, 0.1) is 17.5 Å². The SMILES string of the molecule is COc1ccc(S(=O)(=O)NC2(c3ccc(F)cc3)CC2)c(C)c1. The molecule has 1 N–H and O–H groups in total. The van der Waals surface area contributed by atoms with Gasteiger partial charge in [-0.1, -0.05) is 12.1 Å². The van der Waals surface area contributed by atoms with Crippen molar-refractivity contribution in [1.29, 1.82) is 0 Å². The fourth-order valence-corrected chi connectivity index (χ4v) is 4.38. The summed E-state index contributed by atoms with van der Waals surface area (Å²) >= 11 is 0. The third kappa shape index (κ3) is 3.09. The molecule has 0 atom stereocenters. The standard InChI is InChI=1S/C17H18FNO3S/c1-12-11-15(22-2)7-8-16(12)23(20,21)19-17(9-10-17)13-3-5-14(18)6-4-13/h3-8,11,19H,9-10H2,1-2H3. The van der Waals surface area contributed by atoms with E-state index < -0.39 is 15.6 Å². The highest BCUT2D eigenvalue weighted by Gasteiger charge is 2.47. The van der Waals surface area contributed by atoms with E-state index in [1.165, 1.54) is 25.3 Å². The van der Waals surface area contributed by atoms with Crippen LogP contribution in [-0.4, -0.2) is 15.5 Å².